The Morgan fingerprint density at radius 3 is 2.46 bits per heavy atom. The molecule has 1 aliphatic carbocycles. The van der Waals surface area contributed by atoms with Crippen molar-refractivity contribution in [2.45, 2.75) is 64.3 Å². The number of aromatic nitrogens is 1. The van der Waals surface area contributed by atoms with Gasteiger partial charge in [-0.05, 0) is 43.7 Å². The standard InChI is InChI=1S/C24H27F3N4O3S/c1-14-19(35-13-29-14)17-7-5-16(6-8-17)12-28-21(33)18-4-3-11-31(18)22(34)20(30-15(2)32)23(9-10-23)24(25,26)27/h5-8,13,18,20H,3-4,9-12H2,1-2H3,(H,28,33)(H,30,32)/t18?,20-/m1/s1. The molecule has 0 radical (unpaired) electrons. The Labute approximate surface area is 205 Å². The molecule has 7 nitrogen and oxygen atoms in total. The third kappa shape index (κ3) is 5.05. The van der Waals surface area contributed by atoms with Crippen LogP contribution in [-0.2, 0) is 20.9 Å². The number of nitrogens with one attached hydrogen (secondary N) is 2. The van der Waals surface area contributed by atoms with Gasteiger partial charge >= 0.3 is 6.18 Å². The van der Waals surface area contributed by atoms with Crippen molar-refractivity contribution in [1.29, 1.82) is 0 Å². The lowest BCUT2D eigenvalue weighted by molar-refractivity contribution is -0.199. The van der Waals surface area contributed by atoms with Gasteiger partial charge in [0, 0.05) is 20.0 Å². The van der Waals surface area contributed by atoms with E-state index < -0.39 is 41.4 Å². The van der Waals surface area contributed by atoms with Gasteiger partial charge in [0.2, 0.25) is 17.7 Å². The molecular formula is C24H27F3N4O3S. The first-order valence-corrected chi connectivity index (χ1v) is 12.3. The molecule has 1 saturated heterocycles. The van der Waals surface area contributed by atoms with E-state index in [9.17, 15) is 27.6 Å². The van der Waals surface area contributed by atoms with Crippen molar-refractivity contribution in [3.8, 4) is 10.4 Å². The Kier molecular flexibility index (Phi) is 6.90. The van der Waals surface area contributed by atoms with Gasteiger partial charge in [-0.1, -0.05) is 24.3 Å². The van der Waals surface area contributed by atoms with Crippen LogP contribution in [0.5, 0.6) is 0 Å². The van der Waals surface area contributed by atoms with Crippen molar-refractivity contribution >= 4 is 29.1 Å². The first kappa shape index (κ1) is 25.2. The minimum absolute atomic E-state index is 0.170. The Hall–Kier alpha value is -2.95. The van der Waals surface area contributed by atoms with Crippen molar-refractivity contribution < 1.29 is 27.6 Å². The van der Waals surface area contributed by atoms with E-state index in [0.29, 0.717) is 12.8 Å². The van der Waals surface area contributed by atoms with Gasteiger partial charge in [0.25, 0.3) is 0 Å². The van der Waals surface area contributed by atoms with Gasteiger partial charge in [0.1, 0.15) is 12.1 Å². The number of thiazole rings is 1. The Balaban J connectivity index is 1.42. The molecule has 188 valence electrons. The summed E-state index contributed by atoms with van der Waals surface area (Å²) in [7, 11) is 0. The Bertz CT molecular complexity index is 1110. The lowest BCUT2D eigenvalue weighted by atomic mass is 9.93. The fourth-order valence-electron chi connectivity index (χ4n) is 4.64. The molecule has 11 heteroatoms. The molecule has 35 heavy (non-hydrogen) atoms. The highest BCUT2D eigenvalue weighted by Gasteiger charge is 2.70. The molecule has 1 aromatic heterocycles. The second-order valence-corrected chi connectivity index (χ2v) is 10.0. The zero-order valence-corrected chi connectivity index (χ0v) is 20.3. The van der Waals surface area contributed by atoms with Gasteiger partial charge in [-0.15, -0.1) is 11.3 Å². The zero-order valence-electron chi connectivity index (χ0n) is 19.4. The maximum Gasteiger partial charge on any atom is 0.396 e. The number of hydrogen-bond donors (Lipinski definition) is 2. The van der Waals surface area contributed by atoms with Crippen LogP contribution >= 0.6 is 11.3 Å². The van der Waals surface area contributed by atoms with Gasteiger partial charge in [0.15, 0.2) is 0 Å². The summed E-state index contributed by atoms with van der Waals surface area (Å²) >= 11 is 1.54. The molecule has 1 aliphatic heterocycles. The van der Waals surface area contributed by atoms with E-state index in [1.165, 1.54) is 4.90 Å². The van der Waals surface area contributed by atoms with Crippen LogP contribution in [0.4, 0.5) is 13.2 Å². The third-order valence-corrected chi connectivity index (χ3v) is 7.74. The largest absolute Gasteiger partial charge is 0.396 e. The van der Waals surface area contributed by atoms with Crippen LogP contribution in [0.3, 0.4) is 0 Å². The van der Waals surface area contributed by atoms with E-state index >= 15 is 0 Å². The summed E-state index contributed by atoms with van der Waals surface area (Å²) in [5, 5.41) is 5.02. The maximum absolute atomic E-state index is 13.7. The molecule has 0 spiro atoms. The zero-order chi connectivity index (χ0) is 25.4. The van der Waals surface area contributed by atoms with Gasteiger partial charge in [0.05, 0.1) is 21.5 Å². The fraction of sp³-hybridized carbons (Fsp3) is 0.500. The highest BCUT2D eigenvalue weighted by atomic mass is 32.1. The summed E-state index contributed by atoms with van der Waals surface area (Å²) in [6.45, 7) is 3.41. The van der Waals surface area contributed by atoms with Gasteiger partial charge < -0.3 is 15.5 Å². The average Bonchev–Trinajstić information content (AvgIpc) is 3.28. The number of amides is 3. The van der Waals surface area contributed by atoms with Crippen molar-refractivity contribution in [2.75, 3.05) is 6.54 Å². The third-order valence-electron chi connectivity index (χ3n) is 6.77. The summed E-state index contributed by atoms with van der Waals surface area (Å²) in [5.41, 5.74) is 2.33. The summed E-state index contributed by atoms with van der Waals surface area (Å²) in [6.07, 6.45) is -4.23. The number of carbonyl (C=O) groups excluding carboxylic acids is 3. The van der Waals surface area contributed by atoms with Crippen LogP contribution in [0.2, 0.25) is 0 Å². The number of rotatable bonds is 7. The fourth-order valence-corrected chi connectivity index (χ4v) is 5.45. The quantitative estimate of drug-likeness (QED) is 0.598. The lowest BCUT2D eigenvalue weighted by Crippen LogP contribution is -2.59. The molecule has 2 fully saturated rings. The second-order valence-electron chi connectivity index (χ2n) is 9.16. The minimum Gasteiger partial charge on any atom is -0.350 e. The summed E-state index contributed by atoms with van der Waals surface area (Å²) in [5.74, 6) is -1.98. The summed E-state index contributed by atoms with van der Waals surface area (Å²) in [6, 6.07) is 5.06. The van der Waals surface area contributed by atoms with Crippen LogP contribution in [0.15, 0.2) is 29.8 Å². The lowest BCUT2D eigenvalue weighted by Gasteiger charge is -2.33. The molecule has 2 atom stereocenters. The molecule has 0 bridgehead atoms. The van der Waals surface area contributed by atoms with Gasteiger partial charge in [-0.25, -0.2) is 4.98 Å². The topological polar surface area (TPSA) is 91.4 Å². The average molecular weight is 509 g/mol. The first-order chi connectivity index (χ1) is 16.5. The van der Waals surface area contributed by atoms with E-state index in [1.54, 1.807) is 16.8 Å². The Morgan fingerprint density at radius 1 is 1.23 bits per heavy atom. The number of hydrogen-bond acceptors (Lipinski definition) is 5. The molecule has 2 aromatic rings. The molecule has 1 aromatic carbocycles. The first-order valence-electron chi connectivity index (χ1n) is 11.4. The number of aryl methyl sites for hydroxylation is 1. The molecule has 2 N–H and O–H groups in total. The van der Waals surface area contributed by atoms with Crippen LogP contribution in [-0.4, -0.2) is 52.4 Å². The van der Waals surface area contributed by atoms with Gasteiger partial charge in [-0.2, -0.15) is 13.2 Å². The minimum atomic E-state index is -4.63. The van der Waals surface area contributed by atoms with Crippen LogP contribution in [0.25, 0.3) is 10.4 Å². The predicted octanol–water partition coefficient (Wildman–Crippen LogP) is 3.57. The smallest absolute Gasteiger partial charge is 0.350 e. The van der Waals surface area contributed by atoms with Crippen LogP contribution in [0.1, 0.15) is 43.9 Å². The number of carbonyl (C=O) groups is 3. The molecule has 1 saturated carbocycles. The number of alkyl halides is 3. The molecule has 3 amide bonds. The predicted molar refractivity (Wildman–Crippen MR) is 124 cm³/mol. The van der Waals surface area contributed by atoms with E-state index in [2.05, 4.69) is 15.6 Å². The number of likely N-dealkylation sites (tertiary alicyclic amines) is 1. The van der Waals surface area contributed by atoms with Crippen LogP contribution < -0.4 is 10.6 Å². The van der Waals surface area contributed by atoms with Crippen molar-refractivity contribution in [2.24, 2.45) is 5.41 Å². The van der Waals surface area contributed by atoms with Crippen LogP contribution in [0, 0.1) is 12.3 Å². The monoisotopic (exact) mass is 508 g/mol. The Morgan fingerprint density at radius 2 is 1.91 bits per heavy atom. The van der Waals surface area contributed by atoms with Gasteiger partial charge in [-0.3, -0.25) is 14.4 Å². The normalized spacial score (nSPS) is 19.8. The molecule has 4 rings (SSSR count). The van der Waals surface area contributed by atoms with E-state index in [4.69, 9.17) is 0 Å². The summed E-state index contributed by atoms with van der Waals surface area (Å²) < 4.78 is 41.2. The highest BCUT2D eigenvalue weighted by molar-refractivity contribution is 7.13. The molecular weight excluding hydrogens is 481 g/mol. The van der Waals surface area contributed by atoms with Crippen molar-refractivity contribution in [3.05, 3.63) is 41.0 Å². The molecule has 2 aliphatic rings. The highest BCUT2D eigenvalue weighted by Crippen LogP contribution is 2.60. The summed E-state index contributed by atoms with van der Waals surface area (Å²) in [4.78, 5) is 44.3. The van der Waals surface area contributed by atoms with E-state index in [-0.39, 0.29) is 25.9 Å². The number of benzene rings is 1. The number of halogens is 3. The number of nitrogens with zero attached hydrogens (tertiary/aromatic N) is 2. The molecule has 2 heterocycles. The molecule has 1 unspecified atom stereocenters. The SMILES string of the molecule is CC(=O)N[C@H](C(=O)N1CCCC1C(=O)NCc1ccc(-c2scnc2C)cc1)C1(C(F)(F)F)CC1. The van der Waals surface area contributed by atoms with E-state index in [0.717, 1.165) is 28.6 Å². The maximum atomic E-state index is 13.7. The van der Waals surface area contributed by atoms with E-state index in [1.807, 2.05) is 31.2 Å². The van der Waals surface area contributed by atoms with Crippen molar-refractivity contribution in [1.82, 2.24) is 20.5 Å². The second kappa shape index (κ2) is 9.60. The van der Waals surface area contributed by atoms with Crippen molar-refractivity contribution in [3.63, 3.8) is 0 Å².